The molecule has 2 nitrogen and oxygen atoms in total. The van der Waals surface area contributed by atoms with E-state index in [1.807, 2.05) is 12.3 Å². The Balaban J connectivity index is 1.99. The van der Waals surface area contributed by atoms with E-state index >= 15 is 0 Å². The Bertz CT molecular complexity index is 295. The Morgan fingerprint density at radius 3 is 2.93 bits per heavy atom. The lowest BCUT2D eigenvalue weighted by atomic mass is 9.93. The highest BCUT2D eigenvalue weighted by Crippen LogP contribution is 2.21. The molecule has 1 aromatic rings. The molecule has 0 bridgehead atoms. The molecule has 1 aliphatic rings. The second kappa shape index (κ2) is 4.89. The Morgan fingerprint density at radius 2 is 2.21 bits per heavy atom. The SMILES string of the molecule is Brc1cccnc1CC1CCNCC1. The number of halogens is 1. The fraction of sp³-hybridized carbons (Fsp3) is 0.545. The maximum Gasteiger partial charge on any atom is 0.0548 e. The van der Waals surface area contributed by atoms with Crippen LogP contribution in [0, 0.1) is 5.92 Å². The van der Waals surface area contributed by atoms with Gasteiger partial charge in [0.25, 0.3) is 0 Å². The van der Waals surface area contributed by atoms with Gasteiger partial charge in [-0.2, -0.15) is 0 Å². The molecule has 3 heteroatoms. The molecular weight excluding hydrogens is 240 g/mol. The van der Waals surface area contributed by atoms with Gasteiger partial charge >= 0.3 is 0 Å². The normalized spacial score (nSPS) is 18.4. The summed E-state index contributed by atoms with van der Waals surface area (Å²) in [6.07, 6.45) is 5.55. The number of aromatic nitrogens is 1. The van der Waals surface area contributed by atoms with Gasteiger partial charge in [0.05, 0.1) is 5.69 Å². The first-order valence-corrected chi connectivity index (χ1v) is 5.95. The van der Waals surface area contributed by atoms with Crippen LogP contribution in [-0.4, -0.2) is 18.1 Å². The zero-order valence-electron chi connectivity index (χ0n) is 8.17. The third-order valence-corrected chi connectivity index (χ3v) is 3.50. The first kappa shape index (κ1) is 10.1. The van der Waals surface area contributed by atoms with Crippen molar-refractivity contribution in [3.8, 4) is 0 Å². The highest BCUT2D eigenvalue weighted by molar-refractivity contribution is 9.10. The molecule has 0 aromatic carbocycles. The monoisotopic (exact) mass is 254 g/mol. The zero-order chi connectivity index (χ0) is 9.80. The van der Waals surface area contributed by atoms with E-state index in [9.17, 15) is 0 Å². The van der Waals surface area contributed by atoms with Crippen LogP contribution in [0.4, 0.5) is 0 Å². The van der Waals surface area contributed by atoms with Gasteiger partial charge in [0.2, 0.25) is 0 Å². The molecule has 1 saturated heterocycles. The predicted octanol–water partition coefficient (Wildman–Crippen LogP) is 2.39. The molecule has 0 radical (unpaired) electrons. The molecule has 0 saturated carbocycles. The molecule has 0 spiro atoms. The summed E-state index contributed by atoms with van der Waals surface area (Å²) in [4.78, 5) is 4.41. The third-order valence-electron chi connectivity index (χ3n) is 2.78. The minimum Gasteiger partial charge on any atom is -0.317 e. The van der Waals surface area contributed by atoms with Crippen molar-refractivity contribution in [2.24, 2.45) is 5.92 Å². The number of nitrogens with zero attached hydrogens (tertiary/aromatic N) is 1. The first-order chi connectivity index (χ1) is 6.86. The van der Waals surface area contributed by atoms with Gasteiger partial charge in [-0.3, -0.25) is 4.98 Å². The Kier molecular flexibility index (Phi) is 3.54. The van der Waals surface area contributed by atoms with Crippen LogP contribution in [0.5, 0.6) is 0 Å². The van der Waals surface area contributed by atoms with Gasteiger partial charge in [-0.1, -0.05) is 0 Å². The second-order valence-corrected chi connectivity index (χ2v) is 4.68. The minimum atomic E-state index is 0.808. The van der Waals surface area contributed by atoms with Gasteiger partial charge in [-0.15, -0.1) is 0 Å². The summed E-state index contributed by atoms with van der Waals surface area (Å²) >= 11 is 3.54. The highest BCUT2D eigenvalue weighted by Gasteiger charge is 2.15. The van der Waals surface area contributed by atoms with Gasteiger partial charge in [0.1, 0.15) is 0 Å². The van der Waals surface area contributed by atoms with Crippen molar-refractivity contribution in [3.63, 3.8) is 0 Å². The van der Waals surface area contributed by atoms with Crippen LogP contribution in [0.1, 0.15) is 18.5 Å². The first-order valence-electron chi connectivity index (χ1n) is 5.16. The van der Waals surface area contributed by atoms with E-state index in [0.29, 0.717) is 0 Å². The van der Waals surface area contributed by atoms with Crippen LogP contribution < -0.4 is 5.32 Å². The van der Waals surface area contributed by atoms with E-state index in [1.165, 1.54) is 18.5 Å². The van der Waals surface area contributed by atoms with Crippen LogP contribution in [0.2, 0.25) is 0 Å². The van der Waals surface area contributed by atoms with Crippen LogP contribution in [-0.2, 0) is 6.42 Å². The van der Waals surface area contributed by atoms with Crippen molar-refractivity contribution in [3.05, 3.63) is 28.5 Å². The van der Waals surface area contributed by atoms with E-state index in [1.54, 1.807) is 0 Å². The van der Waals surface area contributed by atoms with Crippen molar-refractivity contribution >= 4 is 15.9 Å². The van der Waals surface area contributed by atoms with Gasteiger partial charge < -0.3 is 5.32 Å². The molecule has 14 heavy (non-hydrogen) atoms. The molecule has 1 aliphatic heterocycles. The summed E-state index contributed by atoms with van der Waals surface area (Å²) < 4.78 is 1.15. The lowest BCUT2D eigenvalue weighted by molar-refractivity contribution is 0.369. The topological polar surface area (TPSA) is 24.9 Å². The van der Waals surface area contributed by atoms with Crippen molar-refractivity contribution in [1.82, 2.24) is 10.3 Å². The molecule has 1 fully saturated rings. The predicted molar refractivity (Wildman–Crippen MR) is 61.2 cm³/mol. The minimum absolute atomic E-state index is 0.808. The Hall–Kier alpha value is -0.410. The average molecular weight is 255 g/mol. The lowest BCUT2D eigenvalue weighted by Crippen LogP contribution is -2.28. The second-order valence-electron chi connectivity index (χ2n) is 3.83. The molecule has 0 aliphatic carbocycles. The van der Waals surface area contributed by atoms with E-state index in [2.05, 4.69) is 32.3 Å². The summed E-state index contributed by atoms with van der Waals surface area (Å²) in [5.74, 6) is 0.808. The summed E-state index contributed by atoms with van der Waals surface area (Å²) in [5.41, 5.74) is 1.21. The smallest absolute Gasteiger partial charge is 0.0548 e. The van der Waals surface area contributed by atoms with Crippen molar-refractivity contribution in [2.45, 2.75) is 19.3 Å². The fourth-order valence-corrected chi connectivity index (χ4v) is 2.34. The number of piperidine rings is 1. The zero-order valence-corrected chi connectivity index (χ0v) is 9.76. The Morgan fingerprint density at radius 1 is 1.43 bits per heavy atom. The Labute approximate surface area is 93.3 Å². The average Bonchev–Trinajstić information content (AvgIpc) is 2.23. The van der Waals surface area contributed by atoms with Crippen molar-refractivity contribution < 1.29 is 0 Å². The molecule has 1 aromatic heterocycles. The fourth-order valence-electron chi connectivity index (χ4n) is 1.93. The van der Waals surface area contributed by atoms with E-state index in [4.69, 9.17) is 0 Å². The summed E-state index contributed by atoms with van der Waals surface area (Å²) in [6, 6.07) is 4.04. The number of hydrogen-bond acceptors (Lipinski definition) is 2. The molecule has 2 heterocycles. The van der Waals surface area contributed by atoms with Crippen molar-refractivity contribution in [2.75, 3.05) is 13.1 Å². The van der Waals surface area contributed by atoms with Crippen LogP contribution in [0.25, 0.3) is 0 Å². The highest BCUT2D eigenvalue weighted by atomic mass is 79.9. The van der Waals surface area contributed by atoms with Crippen LogP contribution in [0.15, 0.2) is 22.8 Å². The number of pyridine rings is 1. The van der Waals surface area contributed by atoms with Gasteiger partial charge in [0, 0.05) is 10.7 Å². The standard InChI is InChI=1S/C11H15BrN2/c12-10-2-1-5-14-11(10)8-9-3-6-13-7-4-9/h1-2,5,9,13H,3-4,6-8H2. The maximum atomic E-state index is 4.41. The van der Waals surface area contributed by atoms with E-state index < -0.39 is 0 Å². The number of hydrogen-bond donors (Lipinski definition) is 1. The van der Waals surface area contributed by atoms with Crippen LogP contribution in [0.3, 0.4) is 0 Å². The van der Waals surface area contributed by atoms with E-state index in [-0.39, 0.29) is 0 Å². The molecule has 0 unspecified atom stereocenters. The summed E-state index contributed by atoms with van der Waals surface area (Å²) in [7, 11) is 0. The maximum absolute atomic E-state index is 4.41. The van der Waals surface area contributed by atoms with Crippen LogP contribution >= 0.6 is 15.9 Å². The van der Waals surface area contributed by atoms with Gasteiger partial charge in [-0.25, -0.2) is 0 Å². The summed E-state index contributed by atoms with van der Waals surface area (Å²) in [6.45, 7) is 2.32. The largest absolute Gasteiger partial charge is 0.317 e. The third kappa shape index (κ3) is 2.55. The molecule has 76 valence electrons. The summed E-state index contributed by atoms with van der Waals surface area (Å²) in [5, 5.41) is 3.38. The molecule has 2 rings (SSSR count). The van der Waals surface area contributed by atoms with Gasteiger partial charge in [-0.05, 0) is 66.3 Å². The number of nitrogens with one attached hydrogen (secondary N) is 1. The van der Waals surface area contributed by atoms with E-state index in [0.717, 1.165) is 29.9 Å². The number of rotatable bonds is 2. The quantitative estimate of drug-likeness (QED) is 0.877. The van der Waals surface area contributed by atoms with Gasteiger partial charge in [0.15, 0.2) is 0 Å². The van der Waals surface area contributed by atoms with Crippen molar-refractivity contribution in [1.29, 1.82) is 0 Å². The molecule has 1 N–H and O–H groups in total. The molecular formula is C11H15BrN2. The molecule has 0 amide bonds. The molecule has 0 atom stereocenters. The lowest BCUT2D eigenvalue weighted by Gasteiger charge is -2.22.